The quantitative estimate of drug-likeness (QED) is 0.534. The van der Waals surface area contributed by atoms with Gasteiger partial charge in [-0.1, -0.05) is 0 Å². The molecule has 0 aromatic carbocycles. The summed E-state index contributed by atoms with van der Waals surface area (Å²) in [5.74, 6) is -0.262. The number of rotatable bonds is 3. The molecule has 1 aromatic heterocycles. The minimum absolute atomic E-state index is 0.0470. The highest BCUT2D eigenvalue weighted by atomic mass is 16.2. The SMILES string of the molecule is CC(CN)NC(=O)c1cn[nH]n1. The molecule has 0 aliphatic carbocycles. The first kappa shape index (κ1) is 8.66. The van der Waals surface area contributed by atoms with Crippen molar-refractivity contribution in [3.63, 3.8) is 0 Å². The molecule has 0 fully saturated rings. The van der Waals surface area contributed by atoms with Crippen LogP contribution >= 0.6 is 0 Å². The predicted octanol–water partition coefficient (Wildman–Crippen LogP) is -1.12. The van der Waals surface area contributed by atoms with Gasteiger partial charge < -0.3 is 11.1 Å². The average Bonchev–Trinajstić information content (AvgIpc) is 2.56. The maximum absolute atomic E-state index is 11.2. The molecular formula is C6H11N5O. The number of aromatic nitrogens is 3. The number of hydrogen-bond acceptors (Lipinski definition) is 4. The van der Waals surface area contributed by atoms with Gasteiger partial charge in [0.1, 0.15) is 0 Å². The number of nitrogens with zero attached hydrogens (tertiary/aromatic N) is 2. The second kappa shape index (κ2) is 3.82. The van der Waals surface area contributed by atoms with Crippen LogP contribution in [0.1, 0.15) is 17.4 Å². The highest BCUT2D eigenvalue weighted by Gasteiger charge is 2.10. The van der Waals surface area contributed by atoms with E-state index in [0.29, 0.717) is 6.54 Å². The van der Waals surface area contributed by atoms with Gasteiger partial charge >= 0.3 is 0 Å². The Balaban J connectivity index is 2.50. The molecule has 6 heteroatoms. The Labute approximate surface area is 69.5 Å². The van der Waals surface area contributed by atoms with E-state index in [1.807, 2.05) is 6.92 Å². The van der Waals surface area contributed by atoms with Gasteiger partial charge in [-0.05, 0) is 6.92 Å². The maximum Gasteiger partial charge on any atom is 0.273 e. The van der Waals surface area contributed by atoms with Crippen molar-refractivity contribution in [3.05, 3.63) is 11.9 Å². The summed E-state index contributed by atoms with van der Waals surface area (Å²) >= 11 is 0. The number of nitrogens with two attached hydrogens (primary N) is 1. The van der Waals surface area contributed by atoms with Crippen molar-refractivity contribution >= 4 is 5.91 Å². The molecule has 1 unspecified atom stereocenters. The maximum atomic E-state index is 11.2. The van der Waals surface area contributed by atoms with Crippen LogP contribution in [-0.4, -0.2) is 33.9 Å². The van der Waals surface area contributed by atoms with Gasteiger partial charge in [-0.15, -0.1) is 0 Å². The molecule has 1 rings (SSSR count). The lowest BCUT2D eigenvalue weighted by atomic mass is 10.3. The molecule has 0 radical (unpaired) electrons. The fourth-order valence-electron chi connectivity index (χ4n) is 0.668. The number of hydrogen-bond donors (Lipinski definition) is 3. The van der Waals surface area contributed by atoms with Gasteiger partial charge in [0.15, 0.2) is 5.69 Å². The first-order valence-electron chi connectivity index (χ1n) is 3.60. The van der Waals surface area contributed by atoms with Crippen LogP contribution in [0.3, 0.4) is 0 Å². The minimum Gasteiger partial charge on any atom is -0.347 e. The van der Waals surface area contributed by atoms with Crippen molar-refractivity contribution in [2.24, 2.45) is 5.73 Å². The number of carbonyl (C=O) groups excluding carboxylic acids is 1. The third kappa shape index (κ3) is 2.03. The molecule has 0 aliphatic heterocycles. The summed E-state index contributed by atoms with van der Waals surface area (Å²) in [5.41, 5.74) is 5.59. The lowest BCUT2D eigenvalue weighted by molar-refractivity contribution is 0.0936. The normalized spacial score (nSPS) is 12.5. The standard InChI is InChI=1S/C6H11N5O/c1-4(2-7)9-6(12)5-3-8-11-10-5/h3-4H,2,7H2,1H3,(H,9,12)(H,8,10,11). The number of carbonyl (C=O) groups is 1. The van der Waals surface area contributed by atoms with E-state index in [9.17, 15) is 4.79 Å². The molecular weight excluding hydrogens is 158 g/mol. The van der Waals surface area contributed by atoms with Crippen molar-refractivity contribution in [1.82, 2.24) is 20.7 Å². The van der Waals surface area contributed by atoms with E-state index in [4.69, 9.17) is 5.73 Å². The van der Waals surface area contributed by atoms with Crippen LogP contribution in [0.15, 0.2) is 6.20 Å². The summed E-state index contributed by atoms with van der Waals surface area (Å²) in [6.45, 7) is 2.22. The Kier molecular flexibility index (Phi) is 2.76. The molecule has 1 aromatic rings. The number of nitrogens with one attached hydrogen (secondary N) is 2. The van der Waals surface area contributed by atoms with Crippen molar-refractivity contribution in [2.75, 3.05) is 6.54 Å². The van der Waals surface area contributed by atoms with Gasteiger partial charge in [0.25, 0.3) is 5.91 Å². The van der Waals surface area contributed by atoms with Gasteiger partial charge in [-0.3, -0.25) is 4.79 Å². The minimum atomic E-state index is -0.262. The van der Waals surface area contributed by atoms with E-state index in [-0.39, 0.29) is 17.6 Å². The summed E-state index contributed by atoms with van der Waals surface area (Å²) in [7, 11) is 0. The van der Waals surface area contributed by atoms with E-state index in [1.165, 1.54) is 6.20 Å². The van der Waals surface area contributed by atoms with Crippen LogP contribution < -0.4 is 11.1 Å². The highest BCUT2D eigenvalue weighted by molar-refractivity contribution is 5.91. The Bertz CT molecular complexity index is 244. The number of aromatic amines is 1. The van der Waals surface area contributed by atoms with Crippen LogP contribution in [-0.2, 0) is 0 Å². The summed E-state index contributed by atoms with van der Waals surface area (Å²) in [6.07, 6.45) is 1.36. The predicted molar refractivity (Wildman–Crippen MR) is 42.4 cm³/mol. The largest absolute Gasteiger partial charge is 0.347 e. The van der Waals surface area contributed by atoms with E-state index in [2.05, 4.69) is 20.7 Å². The van der Waals surface area contributed by atoms with Crippen LogP contribution in [0.5, 0.6) is 0 Å². The average molecular weight is 169 g/mol. The van der Waals surface area contributed by atoms with Gasteiger partial charge in [0.05, 0.1) is 6.20 Å². The van der Waals surface area contributed by atoms with Crippen LogP contribution in [0.4, 0.5) is 0 Å². The van der Waals surface area contributed by atoms with Crippen molar-refractivity contribution < 1.29 is 4.79 Å². The molecule has 4 N–H and O–H groups in total. The molecule has 1 amide bonds. The molecule has 6 nitrogen and oxygen atoms in total. The lowest BCUT2D eigenvalue weighted by Gasteiger charge is -2.08. The zero-order valence-electron chi connectivity index (χ0n) is 6.74. The molecule has 1 atom stereocenters. The fraction of sp³-hybridized carbons (Fsp3) is 0.500. The first-order chi connectivity index (χ1) is 5.74. The third-order valence-electron chi connectivity index (χ3n) is 1.38. The molecule has 0 saturated heterocycles. The molecule has 12 heavy (non-hydrogen) atoms. The zero-order valence-corrected chi connectivity index (χ0v) is 6.74. The van der Waals surface area contributed by atoms with Gasteiger partial charge in [0, 0.05) is 12.6 Å². The van der Waals surface area contributed by atoms with E-state index in [1.54, 1.807) is 0 Å². The Morgan fingerprint density at radius 2 is 2.67 bits per heavy atom. The van der Waals surface area contributed by atoms with Crippen LogP contribution in [0.2, 0.25) is 0 Å². The molecule has 1 heterocycles. The van der Waals surface area contributed by atoms with E-state index >= 15 is 0 Å². The molecule has 0 bridgehead atoms. The lowest BCUT2D eigenvalue weighted by Crippen LogP contribution is -2.37. The highest BCUT2D eigenvalue weighted by Crippen LogP contribution is 1.89. The fourth-order valence-corrected chi connectivity index (χ4v) is 0.668. The van der Waals surface area contributed by atoms with Crippen LogP contribution in [0.25, 0.3) is 0 Å². The van der Waals surface area contributed by atoms with Gasteiger partial charge in [-0.25, -0.2) is 0 Å². The first-order valence-corrected chi connectivity index (χ1v) is 3.60. The third-order valence-corrected chi connectivity index (χ3v) is 1.38. The second-order valence-corrected chi connectivity index (χ2v) is 2.47. The summed E-state index contributed by atoms with van der Waals surface area (Å²) in [6, 6.07) is -0.0470. The summed E-state index contributed by atoms with van der Waals surface area (Å²) in [5, 5.41) is 12.1. The van der Waals surface area contributed by atoms with Crippen molar-refractivity contribution in [1.29, 1.82) is 0 Å². The van der Waals surface area contributed by atoms with E-state index < -0.39 is 0 Å². The smallest absolute Gasteiger partial charge is 0.273 e. The molecule has 0 aliphatic rings. The Hall–Kier alpha value is -1.43. The summed E-state index contributed by atoms with van der Waals surface area (Å²) in [4.78, 5) is 11.2. The zero-order chi connectivity index (χ0) is 8.97. The molecule has 0 saturated carbocycles. The Morgan fingerprint density at radius 1 is 1.92 bits per heavy atom. The van der Waals surface area contributed by atoms with E-state index in [0.717, 1.165) is 0 Å². The summed E-state index contributed by atoms with van der Waals surface area (Å²) < 4.78 is 0. The Morgan fingerprint density at radius 3 is 3.17 bits per heavy atom. The van der Waals surface area contributed by atoms with Crippen LogP contribution in [0, 0.1) is 0 Å². The van der Waals surface area contributed by atoms with Gasteiger partial charge in [-0.2, -0.15) is 15.4 Å². The monoisotopic (exact) mass is 169 g/mol. The van der Waals surface area contributed by atoms with Crippen molar-refractivity contribution in [3.8, 4) is 0 Å². The molecule has 66 valence electrons. The number of H-pyrrole nitrogens is 1. The number of amides is 1. The van der Waals surface area contributed by atoms with Crippen molar-refractivity contribution in [2.45, 2.75) is 13.0 Å². The topological polar surface area (TPSA) is 96.7 Å². The molecule has 0 spiro atoms. The second-order valence-electron chi connectivity index (χ2n) is 2.47. The van der Waals surface area contributed by atoms with Gasteiger partial charge in [0.2, 0.25) is 0 Å².